The number of nitrogens with one attached hydrogen (secondary N) is 1. The summed E-state index contributed by atoms with van der Waals surface area (Å²) in [6, 6.07) is 4.96. The topological polar surface area (TPSA) is 49.4 Å². The second-order valence-corrected chi connectivity index (χ2v) is 5.31. The van der Waals surface area contributed by atoms with E-state index >= 15 is 0 Å². The lowest BCUT2D eigenvalue weighted by molar-refractivity contribution is -0.142. The summed E-state index contributed by atoms with van der Waals surface area (Å²) in [5.74, 6) is -0.619. The molecule has 1 fully saturated rings. The number of nitrogens with zero attached hydrogens (tertiary/aromatic N) is 1. The molecule has 120 valence electrons. The number of halogens is 3. The van der Waals surface area contributed by atoms with Crippen LogP contribution < -0.4 is 10.2 Å². The van der Waals surface area contributed by atoms with Gasteiger partial charge in [0.2, 0.25) is 11.8 Å². The molecule has 0 atom stereocenters. The minimum atomic E-state index is -4.34. The Morgan fingerprint density at radius 2 is 2.09 bits per heavy atom. The van der Waals surface area contributed by atoms with Gasteiger partial charge in [0.05, 0.1) is 6.42 Å². The number of hydrogen-bond donors (Lipinski definition) is 1. The molecule has 0 radical (unpaired) electrons. The molecule has 0 aliphatic carbocycles. The number of carbonyl (C=O) groups is 2. The molecule has 1 heterocycles. The standard InChI is InChI=1S/C15H17F3N2O2/c1-10-9-11(19-13(21)6-7-15(16,17)18)4-5-12(10)20-8-2-3-14(20)22/h4-5,9H,2-3,6-8H2,1H3,(H,19,21). The second-order valence-electron chi connectivity index (χ2n) is 5.31. The van der Waals surface area contributed by atoms with Crippen LogP contribution in [0, 0.1) is 6.92 Å². The predicted octanol–water partition coefficient (Wildman–Crippen LogP) is 3.40. The number of aryl methyl sites for hydroxylation is 1. The molecule has 1 N–H and O–H groups in total. The van der Waals surface area contributed by atoms with E-state index in [0.717, 1.165) is 17.7 Å². The summed E-state index contributed by atoms with van der Waals surface area (Å²) in [6.45, 7) is 2.46. The third kappa shape index (κ3) is 4.22. The van der Waals surface area contributed by atoms with Crippen molar-refractivity contribution in [2.75, 3.05) is 16.8 Å². The molecule has 1 aliphatic heterocycles. The molecule has 1 aliphatic rings. The molecule has 1 saturated heterocycles. The Bertz CT molecular complexity index is 585. The molecule has 22 heavy (non-hydrogen) atoms. The van der Waals surface area contributed by atoms with Crippen molar-refractivity contribution in [3.05, 3.63) is 23.8 Å². The quantitative estimate of drug-likeness (QED) is 0.926. The van der Waals surface area contributed by atoms with Gasteiger partial charge < -0.3 is 10.2 Å². The number of carbonyl (C=O) groups excluding carboxylic acids is 2. The number of benzene rings is 1. The lowest BCUT2D eigenvalue weighted by Crippen LogP contribution is -2.24. The van der Waals surface area contributed by atoms with Gasteiger partial charge in [-0.1, -0.05) is 0 Å². The SMILES string of the molecule is Cc1cc(NC(=O)CCC(F)(F)F)ccc1N1CCCC1=O. The first-order chi connectivity index (χ1) is 10.3. The van der Waals surface area contributed by atoms with Gasteiger partial charge >= 0.3 is 6.18 Å². The smallest absolute Gasteiger partial charge is 0.326 e. The van der Waals surface area contributed by atoms with Crippen LogP contribution in [0.1, 0.15) is 31.2 Å². The van der Waals surface area contributed by atoms with Gasteiger partial charge in [0.25, 0.3) is 0 Å². The zero-order chi connectivity index (χ0) is 16.3. The summed E-state index contributed by atoms with van der Waals surface area (Å²) < 4.78 is 36.2. The monoisotopic (exact) mass is 314 g/mol. The van der Waals surface area contributed by atoms with E-state index in [2.05, 4.69) is 5.32 Å². The Kier molecular flexibility index (Phi) is 4.73. The molecule has 0 spiro atoms. The number of hydrogen-bond acceptors (Lipinski definition) is 2. The van der Waals surface area contributed by atoms with E-state index in [0.29, 0.717) is 18.7 Å². The van der Waals surface area contributed by atoms with Gasteiger partial charge in [-0.05, 0) is 37.1 Å². The molecule has 2 rings (SSSR count). The highest BCUT2D eigenvalue weighted by atomic mass is 19.4. The van der Waals surface area contributed by atoms with Crippen molar-refractivity contribution in [2.45, 2.75) is 38.8 Å². The average molecular weight is 314 g/mol. The molecule has 0 bridgehead atoms. The number of alkyl halides is 3. The lowest BCUT2D eigenvalue weighted by atomic mass is 10.1. The fraction of sp³-hybridized carbons (Fsp3) is 0.467. The third-order valence-electron chi connectivity index (χ3n) is 3.48. The average Bonchev–Trinajstić information content (AvgIpc) is 2.82. The van der Waals surface area contributed by atoms with Crippen LogP contribution in [-0.4, -0.2) is 24.5 Å². The maximum atomic E-state index is 12.1. The van der Waals surface area contributed by atoms with Gasteiger partial charge in [-0.2, -0.15) is 13.2 Å². The van der Waals surface area contributed by atoms with E-state index in [9.17, 15) is 22.8 Å². The van der Waals surface area contributed by atoms with Crippen molar-refractivity contribution < 1.29 is 22.8 Å². The molecule has 0 saturated carbocycles. The van der Waals surface area contributed by atoms with Gasteiger partial charge in [0, 0.05) is 30.8 Å². The Labute approximate surface area is 126 Å². The predicted molar refractivity (Wildman–Crippen MR) is 76.7 cm³/mol. The highest BCUT2D eigenvalue weighted by molar-refractivity contribution is 5.97. The van der Waals surface area contributed by atoms with Crippen LogP contribution in [0.4, 0.5) is 24.5 Å². The van der Waals surface area contributed by atoms with E-state index in [1.165, 1.54) is 0 Å². The third-order valence-corrected chi connectivity index (χ3v) is 3.48. The van der Waals surface area contributed by atoms with Crippen molar-refractivity contribution in [1.82, 2.24) is 0 Å². The number of rotatable bonds is 4. The first-order valence-electron chi connectivity index (χ1n) is 7.04. The summed E-state index contributed by atoms with van der Waals surface area (Å²) in [7, 11) is 0. The van der Waals surface area contributed by atoms with Gasteiger partial charge in [0.1, 0.15) is 0 Å². The zero-order valence-electron chi connectivity index (χ0n) is 12.2. The Hall–Kier alpha value is -2.05. The number of amides is 2. The Morgan fingerprint density at radius 1 is 1.36 bits per heavy atom. The molecule has 4 nitrogen and oxygen atoms in total. The molecule has 0 aromatic heterocycles. The molecule has 7 heteroatoms. The zero-order valence-corrected chi connectivity index (χ0v) is 12.2. The van der Waals surface area contributed by atoms with E-state index in [1.807, 2.05) is 0 Å². The first-order valence-corrected chi connectivity index (χ1v) is 7.04. The van der Waals surface area contributed by atoms with Crippen LogP contribution in [-0.2, 0) is 9.59 Å². The van der Waals surface area contributed by atoms with Crippen LogP contribution in [0.15, 0.2) is 18.2 Å². The molecule has 1 aromatic rings. The van der Waals surface area contributed by atoms with Crippen LogP contribution in [0.25, 0.3) is 0 Å². The fourth-order valence-corrected chi connectivity index (χ4v) is 2.42. The van der Waals surface area contributed by atoms with Crippen molar-refractivity contribution in [3.63, 3.8) is 0 Å². The summed E-state index contributed by atoms with van der Waals surface area (Å²) in [4.78, 5) is 24.9. The second kappa shape index (κ2) is 6.37. The summed E-state index contributed by atoms with van der Waals surface area (Å²) >= 11 is 0. The van der Waals surface area contributed by atoms with Crippen LogP contribution >= 0.6 is 0 Å². The normalized spacial score (nSPS) is 15.3. The number of anilines is 2. The van der Waals surface area contributed by atoms with Crippen molar-refractivity contribution in [1.29, 1.82) is 0 Å². The van der Waals surface area contributed by atoms with E-state index in [4.69, 9.17) is 0 Å². The van der Waals surface area contributed by atoms with Crippen LogP contribution in [0.5, 0.6) is 0 Å². The van der Waals surface area contributed by atoms with Gasteiger partial charge in [0.15, 0.2) is 0 Å². The highest BCUT2D eigenvalue weighted by Gasteiger charge is 2.28. The molecular weight excluding hydrogens is 297 g/mol. The fourth-order valence-electron chi connectivity index (χ4n) is 2.42. The first kappa shape index (κ1) is 16.3. The van der Waals surface area contributed by atoms with Crippen LogP contribution in [0.2, 0.25) is 0 Å². The summed E-state index contributed by atoms with van der Waals surface area (Å²) in [5, 5.41) is 2.44. The lowest BCUT2D eigenvalue weighted by Gasteiger charge is -2.19. The van der Waals surface area contributed by atoms with Crippen molar-refractivity contribution in [3.8, 4) is 0 Å². The molecular formula is C15H17F3N2O2. The molecule has 2 amide bonds. The van der Waals surface area contributed by atoms with Gasteiger partial charge in [-0.15, -0.1) is 0 Å². The van der Waals surface area contributed by atoms with Crippen molar-refractivity contribution in [2.24, 2.45) is 0 Å². The Morgan fingerprint density at radius 3 is 2.64 bits per heavy atom. The largest absolute Gasteiger partial charge is 0.389 e. The summed E-state index contributed by atoms with van der Waals surface area (Å²) in [5.41, 5.74) is 2.00. The van der Waals surface area contributed by atoms with Crippen molar-refractivity contribution >= 4 is 23.2 Å². The maximum absolute atomic E-state index is 12.1. The van der Waals surface area contributed by atoms with Crippen LogP contribution in [0.3, 0.4) is 0 Å². The molecule has 0 unspecified atom stereocenters. The van der Waals surface area contributed by atoms with E-state index < -0.39 is 24.9 Å². The minimum Gasteiger partial charge on any atom is -0.326 e. The van der Waals surface area contributed by atoms with E-state index in [-0.39, 0.29) is 5.91 Å². The Balaban J connectivity index is 2.00. The summed E-state index contributed by atoms with van der Waals surface area (Å²) in [6.07, 6.45) is -4.75. The van der Waals surface area contributed by atoms with Gasteiger partial charge in [-0.25, -0.2) is 0 Å². The molecule has 1 aromatic carbocycles. The minimum absolute atomic E-state index is 0.0602. The van der Waals surface area contributed by atoms with Gasteiger partial charge in [-0.3, -0.25) is 9.59 Å². The van der Waals surface area contributed by atoms with E-state index in [1.54, 1.807) is 30.0 Å². The highest BCUT2D eigenvalue weighted by Crippen LogP contribution is 2.28. The maximum Gasteiger partial charge on any atom is 0.389 e.